The third kappa shape index (κ3) is 6.10. The van der Waals surface area contributed by atoms with Gasteiger partial charge in [0.2, 0.25) is 0 Å². The van der Waals surface area contributed by atoms with E-state index < -0.39 is 11.9 Å². The number of ether oxygens (including phenoxy) is 1. The highest BCUT2D eigenvalue weighted by atomic mass is 19.4. The molecule has 0 saturated carbocycles. The Hall–Kier alpha value is -3.29. The van der Waals surface area contributed by atoms with Gasteiger partial charge in [0.1, 0.15) is 0 Å². The molecule has 1 N–H and O–H groups in total. The summed E-state index contributed by atoms with van der Waals surface area (Å²) in [6.45, 7) is 4.37. The average molecular weight is 431 g/mol. The lowest BCUT2D eigenvalue weighted by Gasteiger charge is -2.14. The zero-order valence-electron chi connectivity index (χ0n) is 17.3. The summed E-state index contributed by atoms with van der Waals surface area (Å²) in [6.07, 6.45) is -1.03. The third-order valence-electron chi connectivity index (χ3n) is 4.78. The summed E-state index contributed by atoms with van der Waals surface area (Å²) in [5.41, 5.74) is 1.93. The zero-order valence-corrected chi connectivity index (χ0v) is 17.3. The van der Waals surface area contributed by atoms with Gasteiger partial charge >= 0.3 is 12.1 Å². The molecule has 0 fully saturated rings. The molecule has 0 spiro atoms. The van der Waals surface area contributed by atoms with Crippen molar-refractivity contribution in [3.8, 4) is 5.69 Å². The maximum atomic E-state index is 12.8. The summed E-state index contributed by atoms with van der Waals surface area (Å²) in [5, 5.41) is 3.29. The molecule has 3 rings (SSSR count). The molecule has 1 unspecified atom stereocenters. The van der Waals surface area contributed by atoms with Crippen molar-refractivity contribution >= 4 is 11.7 Å². The van der Waals surface area contributed by atoms with Crippen LogP contribution in [0.3, 0.4) is 0 Å². The lowest BCUT2D eigenvalue weighted by Crippen LogP contribution is -2.16. The van der Waals surface area contributed by atoms with Gasteiger partial charge in [-0.3, -0.25) is 0 Å². The van der Waals surface area contributed by atoms with E-state index in [1.54, 1.807) is 30.3 Å². The van der Waals surface area contributed by atoms with Gasteiger partial charge in [0.15, 0.2) is 5.69 Å². The second-order valence-corrected chi connectivity index (χ2v) is 7.32. The van der Waals surface area contributed by atoms with Crippen LogP contribution in [-0.2, 0) is 10.9 Å². The van der Waals surface area contributed by atoms with Crippen molar-refractivity contribution in [2.75, 3.05) is 11.9 Å². The van der Waals surface area contributed by atoms with E-state index in [1.165, 1.54) is 4.57 Å². The number of anilines is 1. The van der Waals surface area contributed by atoms with Gasteiger partial charge in [0.05, 0.1) is 18.0 Å². The number of hydrogen-bond donors (Lipinski definition) is 1. The van der Waals surface area contributed by atoms with Crippen LogP contribution in [0.2, 0.25) is 0 Å². The SMILES string of the molecule is Cc1cc(NCCCC(C)OC(=O)c2ccccc2)ccc1-n1cnc(C(F)(F)F)c1. The largest absolute Gasteiger partial charge is 0.459 e. The normalized spacial score (nSPS) is 12.4. The first-order valence-electron chi connectivity index (χ1n) is 9.96. The van der Waals surface area contributed by atoms with E-state index in [0.717, 1.165) is 30.2 Å². The lowest BCUT2D eigenvalue weighted by atomic mass is 10.1. The monoisotopic (exact) mass is 431 g/mol. The van der Waals surface area contributed by atoms with Crippen molar-refractivity contribution in [3.63, 3.8) is 0 Å². The molecule has 1 heterocycles. The molecule has 0 radical (unpaired) electrons. The van der Waals surface area contributed by atoms with Crippen molar-refractivity contribution in [2.45, 2.75) is 39.0 Å². The Morgan fingerprint density at radius 1 is 1.19 bits per heavy atom. The molecular weight excluding hydrogens is 407 g/mol. The number of rotatable bonds is 8. The first-order valence-corrected chi connectivity index (χ1v) is 9.96. The van der Waals surface area contributed by atoms with E-state index in [2.05, 4.69) is 10.3 Å². The maximum absolute atomic E-state index is 12.8. The van der Waals surface area contributed by atoms with Crippen LogP contribution in [0, 0.1) is 6.92 Å². The van der Waals surface area contributed by atoms with Crippen molar-refractivity contribution in [2.24, 2.45) is 0 Å². The van der Waals surface area contributed by atoms with Crippen LogP contribution in [-0.4, -0.2) is 28.2 Å². The summed E-state index contributed by atoms with van der Waals surface area (Å²) in [4.78, 5) is 15.5. The molecule has 0 aliphatic heterocycles. The van der Waals surface area contributed by atoms with E-state index in [4.69, 9.17) is 4.74 Å². The zero-order chi connectivity index (χ0) is 22.4. The van der Waals surface area contributed by atoms with Crippen molar-refractivity contribution in [1.82, 2.24) is 9.55 Å². The number of carbonyl (C=O) groups excluding carboxylic acids is 1. The van der Waals surface area contributed by atoms with E-state index in [0.29, 0.717) is 24.2 Å². The quantitative estimate of drug-likeness (QED) is 0.371. The number of hydrogen-bond acceptors (Lipinski definition) is 4. The number of carbonyl (C=O) groups is 1. The van der Waals surface area contributed by atoms with Crippen molar-refractivity contribution < 1.29 is 22.7 Å². The van der Waals surface area contributed by atoms with Crippen LogP contribution in [0.25, 0.3) is 5.69 Å². The fourth-order valence-electron chi connectivity index (χ4n) is 3.16. The molecule has 0 amide bonds. The molecule has 2 aromatic carbocycles. The van der Waals surface area contributed by atoms with Gasteiger partial charge in [-0.2, -0.15) is 13.2 Å². The standard InChI is InChI=1S/C23H24F3N3O2/c1-16-13-19(10-11-20(16)29-14-21(28-15-29)23(24,25)26)27-12-6-7-17(2)31-22(30)18-8-4-3-5-9-18/h3-5,8-11,13-15,17,27H,6-7,12H2,1-2H3. The Morgan fingerprint density at radius 3 is 2.58 bits per heavy atom. The Bertz CT molecular complexity index is 1020. The van der Waals surface area contributed by atoms with Gasteiger partial charge < -0.3 is 14.6 Å². The fraction of sp³-hybridized carbons (Fsp3) is 0.304. The first kappa shape index (κ1) is 22.4. The van der Waals surface area contributed by atoms with Gasteiger partial charge in [-0.05, 0) is 62.6 Å². The van der Waals surface area contributed by atoms with E-state index in [1.807, 2.05) is 32.0 Å². The molecule has 0 aliphatic carbocycles. The van der Waals surface area contributed by atoms with Crippen molar-refractivity contribution in [1.29, 1.82) is 0 Å². The van der Waals surface area contributed by atoms with E-state index in [9.17, 15) is 18.0 Å². The number of aryl methyl sites for hydroxylation is 1. The predicted octanol–water partition coefficient (Wildman–Crippen LogP) is 5.64. The van der Waals surface area contributed by atoms with Crippen LogP contribution in [0.15, 0.2) is 61.1 Å². The molecule has 164 valence electrons. The highest BCUT2D eigenvalue weighted by Crippen LogP contribution is 2.29. The summed E-state index contributed by atoms with van der Waals surface area (Å²) >= 11 is 0. The smallest absolute Gasteiger partial charge is 0.434 e. The van der Waals surface area contributed by atoms with Crippen molar-refractivity contribution in [3.05, 3.63) is 77.9 Å². The van der Waals surface area contributed by atoms with Crippen LogP contribution in [0.1, 0.15) is 41.4 Å². The van der Waals surface area contributed by atoms with Crippen LogP contribution >= 0.6 is 0 Å². The molecule has 0 saturated heterocycles. The van der Waals surface area contributed by atoms with E-state index >= 15 is 0 Å². The van der Waals surface area contributed by atoms with Crippen LogP contribution in [0.4, 0.5) is 18.9 Å². The number of benzene rings is 2. The summed E-state index contributed by atoms with van der Waals surface area (Å²) in [6, 6.07) is 14.3. The molecule has 31 heavy (non-hydrogen) atoms. The van der Waals surface area contributed by atoms with Crippen LogP contribution < -0.4 is 5.32 Å². The Balaban J connectivity index is 1.47. The summed E-state index contributed by atoms with van der Waals surface area (Å²) in [7, 11) is 0. The highest BCUT2D eigenvalue weighted by molar-refractivity contribution is 5.89. The molecule has 1 aromatic heterocycles. The Morgan fingerprint density at radius 2 is 1.94 bits per heavy atom. The minimum atomic E-state index is -4.47. The highest BCUT2D eigenvalue weighted by Gasteiger charge is 2.33. The Labute approximate surface area is 178 Å². The van der Waals surface area contributed by atoms with Gasteiger partial charge in [-0.1, -0.05) is 18.2 Å². The minimum absolute atomic E-state index is 0.206. The van der Waals surface area contributed by atoms with Crippen LogP contribution in [0.5, 0.6) is 0 Å². The number of alkyl halides is 3. The second-order valence-electron chi connectivity index (χ2n) is 7.32. The third-order valence-corrected chi connectivity index (χ3v) is 4.78. The molecular formula is C23H24F3N3O2. The maximum Gasteiger partial charge on any atom is 0.434 e. The topological polar surface area (TPSA) is 56.1 Å². The number of imidazole rings is 1. The minimum Gasteiger partial charge on any atom is -0.459 e. The second kappa shape index (κ2) is 9.68. The molecule has 8 heteroatoms. The van der Waals surface area contributed by atoms with Gasteiger partial charge in [0, 0.05) is 24.1 Å². The number of aromatic nitrogens is 2. The summed E-state index contributed by atoms with van der Waals surface area (Å²) in [5.74, 6) is -0.333. The lowest BCUT2D eigenvalue weighted by molar-refractivity contribution is -0.140. The van der Waals surface area contributed by atoms with Gasteiger partial charge in [-0.15, -0.1) is 0 Å². The molecule has 5 nitrogen and oxygen atoms in total. The number of esters is 1. The fourth-order valence-corrected chi connectivity index (χ4v) is 3.16. The van der Waals surface area contributed by atoms with E-state index in [-0.39, 0.29) is 12.1 Å². The van der Waals surface area contributed by atoms with Gasteiger partial charge in [-0.25, -0.2) is 9.78 Å². The average Bonchev–Trinajstić information content (AvgIpc) is 3.22. The van der Waals surface area contributed by atoms with Gasteiger partial charge in [0.25, 0.3) is 0 Å². The molecule has 0 aliphatic rings. The number of halogens is 3. The summed E-state index contributed by atoms with van der Waals surface area (Å²) < 4.78 is 45.1. The predicted molar refractivity (Wildman–Crippen MR) is 112 cm³/mol. The number of nitrogens with one attached hydrogen (secondary N) is 1. The molecule has 3 aromatic rings. The first-order chi connectivity index (χ1) is 14.7. The number of nitrogens with zero attached hydrogens (tertiary/aromatic N) is 2. The Kier molecular flexibility index (Phi) is 6.99. The molecule has 1 atom stereocenters. The molecule has 0 bridgehead atoms.